The number of benzene rings is 2. The van der Waals surface area contributed by atoms with E-state index in [0.717, 1.165) is 16.9 Å². The molecule has 0 bridgehead atoms. The van der Waals surface area contributed by atoms with Gasteiger partial charge in [-0.2, -0.15) is 0 Å². The van der Waals surface area contributed by atoms with Crippen molar-refractivity contribution >= 4 is 22.9 Å². The molecule has 1 N–H and O–H groups in total. The number of amides is 1. The molecular formula is C22H19N3O2S. The smallest absolute Gasteiger partial charge is 0.228 e. The van der Waals surface area contributed by atoms with Gasteiger partial charge in [-0.1, -0.05) is 18.2 Å². The van der Waals surface area contributed by atoms with Crippen molar-refractivity contribution in [3.8, 4) is 11.4 Å². The molecule has 6 heteroatoms. The van der Waals surface area contributed by atoms with Crippen molar-refractivity contribution < 1.29 is 9.53 Å². The van der Waals surface area contributed by atoms with Crippen molar-refractivity contribution in [2.75, 3.05) is 5.32 Å². The van der Waals surface area contributed by atoms with Crippen LogP contribution in [0.15, 0.2) is 83.9 Å². The molecule has 0 radical (unpaired) electrons. The van der Waals surface area contributed by atoms with Crippen LogP contribution >= 0.6 is 11.3 Å². The minimum Gasteiger partial charge on any atom is -0.487 e. The number of nitrogens with zero attached hydrogens (tertiary/aromatic N) is 2. The fourth-order valence-corrected chi connectivity index (χ4v) is 3.36. The Morgan fingerprint density at radius 3 is 2.64 bits per heavy atom. The number of aromatic nitrogens is 2. The maximum atomic E-state index is 12.4. The SMILES string of the molecule is O=C(Cc1ccc(-n2cccc2)cc1)Nc1cccc(OCc2cscn2)c1. The third-order valence-corrected chi connectivity index (χ3v) is 4.83. The largest absolute Gasteiger partial charge is 0.487 e. The summed E-state index contributed by atoms with van der Waals surface area (Å²) in [5, 5.41) is 4.88. The lowest BCUT2D eigenvalue weighted by Crippen LogP contribution is -2.14. The molecular weight excluding hydrogens is 370 g/mol. The number of nitrogens with one attached hydrogen (secondary N) is 1. The molecule has 0 unspecified atom stereocenters. The van der Waals surface area contributed by atoms with E-state index in [-0.39, 0.29) is 5.91 Å². The zero-order valence-corrected chi connectivity index (χ0v) is 15.9. The molecule has 2 aromatic heterocycles. The molecule has 0 saturated heterocycles. The highest BCUT2D eigenvalue weighted by atomic mass is 32.1. The molecule has 5 nitrogen and oxygen atoms in total. The van der Waals surface area contributed by atoms with Crippen LogP contribution in [0.1, 0.15) is 11.3 Å². The van der Waals surface area contributed by atoms with Crippen molar-refractivity contribution in [3.63, 3.8) is 0 Å². The third kappa shape index (κ3) is 4.66. The topological polar surface area (TPSA) is 56.2 Å². The van der Waals surface area contributed by atoms with E-state index in [1.807, 2.05) is 83.0 Å². The first-order chi connectivity index (χ1) is 13.8. The summed E-state index contributed by atoms with van der Waals surface area (Å²) in [6.45, 7) is 0.411. The predicted molar refractivity (Wildman–Crippen MR) is 111 cm³/mol. The molecule has 4 rings (SSSR count). The number of carbonyl (C=O) groups excluding carboxylic acids is 1. The number of thiazole rings is 1. The standard InChI is InChI=1S/C22H19N3O2S/c26-22(12-17-6-8-20(9-7-17)25-10-1-2-11-25)24-18-4-3-5-21(13-18)27-14-19-15-28-16-23-19/h1-11,13,15-16H,12,14H2,(H,24,26). The Labute approximate surface area is 167 Å². The number of hydrogen-bond acceptors (Lipinski definition) is 4. The Balaban J connectivity index is 1.34. The molecule has 140 valence electrons. The van der Waals surface area contributed by atoms with Gasteiger partial charge in [0.25, 0.3) is 0 Å². The molecule has 0 aliphatic rings. The van der Waals surface area contributed by atoms with Crippen LogP contribution in [0.3, 0.4) is 0 Å². The van der Waals surface area contributed by atoms with Gasteiger partial charge in [-0.05, 0) is 42.0 Å². The van der Waals surface area contributed by atoms with Crippen LogP contribution in [-0.2, 0) is 17.8 Å². The minimum atomic E-state index is -0.0645. The summed E-state index contributed by atoms with van der Waals surface area (Å²) in [6, 6.07) is 19.3. The van der Waals surface area contributed by atoms with Crippen molar-refractivity contribution in [2.24, 2.45) is 0 Å². The first kappa shape index (κ1) is 18.0. The second-order valence-electron chi connectivity index (χ2n) is 6.28. The quantitative estimate of drug-likeness (QED) is 0.499. The lowest BCUT2D eigenvalue weighted by atomic mass is 10.1. The Hall–Kier alpha value is -3.38. The van der Waals surface area contributed by atoms with Crippen LogP contribution in [0.2, 0.25) is 0 Å². The van der Waals surface area contributed by atoms with Crippen LogP contribution in [0, 0.1) is 0 Å². The number of hydrogen-bond donors (Lipinski definition) is 1. The average molecular weight is 389 g/mol. The first-order valence-corrected chi connectivity index (χ1v) is 9.83. The second kappa shape index (κ2) is 8.54. The van der Waals surface area contributed by atoms with Gasteiger partial charge >= 0.3 is 0 Å². The van der Waals surface area contributed by atoms with E-state index in [1.54, 1.807) is 5.51 Å². The van der Waals surface area contributed by atoms with Crippen molar-refractivity contribution in [1.82, 2.24) is 9.55 Å². The minimum absolute atomic E-state index is 0.0645. The van der Waals surface area contributed by atoms with E-state index >= 15 is 0 Å². The van der Waals surface area contributed by atoms with E-state index in [1.165, 1.54) is 11.3 Å². The Bertz CT molecular complexity index is 1030. The highest BCUT2D eigenvalue weighted by molar-refractivity contribution is 7.07. The zero-order chi connectivity index (χ0) is 19.2. The predicted octanol–water partition coefficient (Wildman–Crippen LogP) is 4.69. The van der Waals surface area contributed by atoms with Gasteiger partial charge in [0.2, 0.25) is 5.91 Å². The van der Waals surface area contributed by atoms with E-state index < -0.39 is 0 Å². The molecule has 0 aliphatic carbocycles. The molecule has 0 fully saturated rings. The summed E-state index contributed by atoms with van der Waals surface area (Å²) >= 11 is 1.54. The van der Waals surface area contributed by atoms with Gasteiger partial charge in [0.05, 0.1) is 17.6 Å². The molecule has 0 aliphatic heterocycles. The highest BCUT2D eigenvalue weighted by Gasteiger charge is 2.06. The van der Waals surface area contributed by atoms with Crippen LogP contribution < -0.4 is 10.1 Å². The van der Waals surface area contributed by atoms with Gasteiger partial charge in [-0.3, -0.25) is 4.79 Å². The summed E-state index contributed by atoms with van der Waals surface area (Å²) in [5.74, 6) is 0.632. The summed E-state index contributed by atoms with van der Waals surface area (Å²) in [7, 11) is 0. The van der Waals surface area contributed by atoms with Crippen molar-refractivity contribution in [1.29, 1.82) is 0 Å². The Morgan fingerprint density at radius 2 is 1.89 bits per heavy atom. The number of ether oxygens (including phenoxy) is 1. The molecule has 0 atom stereocenters. The normalized spacial score (nSPS) is 10.6. The molecule has 28 heavy (non-hydrogen) atoms. The van der Waals surface area contributed by atoms with Crippen molar-refractivity contribution in [3.05, 3.63) is 95.2 Å². The van der Waals surface area contributed by atoms with E-state index in [0.29, 0.717) is 24.5 Å². The summed E-state index contributed by atoms with van der Waals surface area (Å²) in [4.78, 5) is 16.6. The fraction of sp³-hybridized carbons (Fsp3) is 0.0909. The molecule has 2 aromatic carbocycles. The molecule has 1 amide bonds. The fourth-order valence-electron chi connectivity index (χ4n) is 2.81. The van der Waals surface area contributed by atoms with E-state index in [9.17, 15) is 4.79 Å². The van der Waals surface area contributed by atoms with Gasteiger partial charge in [-0.25, -0.2) is 4.98 Å². The van der Waals surface area contributed by atoms with Gasteiger partial charge in [0.1, 0.15) is 12.4 Å². The lowest BCUT2D eigenvalue weighted by molar-refractivity contribution is -0.115. The van der Waals surface area contributed by atoms with Crippen LogP contribution in [-0.4, -0.2) is 15.5 Å². The maximum absolute atomic E-state index is 12.4. The van der Waals surface area contributed by atoms with E-state index in [4.69, 9.17) is 4.74 Å². The summed E-state index contributed by atoms with van der Waals surface area (Å²) in [6.07, 6.45) is 4.30. The van der Waals surface area contributed by atoms with Crippen LogP contribution in [0.25, 0.3) is 5.69 Å². The van der Waals surface area contributed by atoms with E-state index in [2.05, 4.69) is 10.3 Å². The Kier molecular flexibility index (Phi) is 5.49. The summed E-state index contributed by atoms with van der Waals surface area (Å²) < 4.78 is 7.76. The van der Waals surface area contributed by atoms with Gasteiger partial charge < -0.3 is 14.6 Å². The molecule has 4 aromatic rings. The summed E-state index contributed by atoms with van der Waals surface area (Å²) in [5.41, 5.74) is 5.41. The molecule has 2 heterocycles. The number of anilines is 1. The second-order valence-corrected chi connectivity index (χ2v) is 7.00. The highest BCUT2D eigenvalue weighted by Crippen LogP contribution is 2.19. The van der Waals surface area contributed by atoms with Gasteiger partial charge in [0.15, 0.2) is 0 Å². The van der Waals surface area contributed by atoms with Gasteiger partial charge in [-0.15, -0.1) is 11.3 Å². The zero-order valence-electron chi connectivity index (χ0n) is 15.1. The average Bonchev–Trinajstić information content (AvgIpc) is 3.41. The molecule has 0 spiro atoms. The first-order valence-electron chi connectivity index (χ1n) is 8.88. The monoisotopic (exact) mass is 389 g/mol. The Morgan fingerprint density at radius 1 is 1.07 bits per heavy atom. The van der Waals surface area contributed by atoms with Crippen LogP contribution in [0.5, 0.6) is 5.75 Å². The number of rotatable bonds is 7. The van der Waals surface area contributed by atoms with Crippen molar-refractivity contribution in [2.45, 2.75) is 13.0 Å². The van der Waals surface area contributed by atoms with Gasteiger partial charge in [0, 0.05) is 35.2 Å². The van der Waals surface area contributed by atoms with Crippen LogP contribution in [0.4, 0.5) is 5.69 Å². The lowest BCUT2D eigenvalue weighted by Gasteiger charge is -2.09. The molecule has 0 saturated carbocycles. The third-order valence-electron chi connectivity index (χ3n) is 4.19. The maximum Gasteiger partial charge on any atom is 0.228 e. The number of carbonyl (C=O) groups is 1.